The van der Waals surface area contributed by atoms with E-state index in [2.05, 4.69) is 41.3 Å². The molecule has 0 fully saturated rings. The van der Waals surface area contributed by atoms with E-state index in [-0.39, 0.29) is 5.91 Å². The average molecular weight is 377 g/mol. The van der Waals surface area contributed by atoms with Crippen LogP contribution in [-0.4, -0.2) is 35.3 Å². The third kappa shape index (κ3) is 5.00. The molecule has 0 atom stereocenters. The first kappa shape index (κ1) is 19.7. The minimum absolute atomic E-state index is 0.0294. The topological polar surface area (TPSA) is 50.2 Å². The summed E-state index contributed by atoms with van der Waals surface area (Å²) in [6, 6.07) is 18.0. The number of carbonyl (C=O) groups excluding carboxylic acids is 1. The molecule has 0 radical (unpaired) electrons. The molecule has 1 N–H and O–H groups in total. The number of carbonyl (C=O) groups is 1. The van der Waals surface area contributed by atoms with Crippen molar-refractivity contribution in [3.05, 3.63) is 78.1 Å². The Labute approximate surface area is 167 Å². The molecule has 0 aliphatic carbocycles. The quantitative estimate of drug-likeness (QED) is 0.612. The molecular weight excluding hydrogens is 348 g/mol. The maximum Gasteiger partial charge on any atom is 0.251 e. The summed E-state index contributed by atoms with van der Waals surface area (Å²) in [6.07, 6.45) is 5.59. The predicted octanol–water partition coefficient (Wildman–Crippen LogP) is 4.08. The number of nitrogens with zero attached hydrogens (tertiary/aromatic N) is 3. The summed E-state index contributed by atoms with van der Waals surface area (Å²) in [4.78, 5) is 14.7. The Balaban J connectivity index is 1.50. The van der Waals surface area contributed by atoms with Crippen LogP contribution in [0, 0.1) is 0 Å². The maximum atomic E-state index is 12.4. The molecule has 0 unspecified atom stereocenters. The third-order valence-electron chi connectivity index (χ3n) is 4.77. The van der Waals surface area contributed by atoms with Gasteiger partial charge in [-0.1, -0.05) is 19.1 Å². The van der Waals surface area contributed by atoms with Gasteiger partial charge in [0.2, 0.25) is 0 Å². The van der Waals surface area contributed by atoms with Crippen LogP contribution in [0.15, 0.2) is 67.0 Å². The molecule has 2 aromatic carbocycles. The number of benzene rings is 2. The summed E-state index contributed by atoms with van der Waals surface area (Å²) < 4.78 is 1.83. The van der Waals surface area contributed by atoms with Crippen molar-refractivity contribution in [3.8, 4) is 5.69 Å². The second-order valence-corrected chi connectivity index (χ2v) is 6.75. The first-order valence-electron chi connectivity index (χ1n) is 9.93. The van der Waals surface area contributed by atoms with Crippen LogP contribution in [0.3, 0.4) is 0 Å². The fraction of sp³-hybridized carbons (Fsp3) is 0.304. The largest absolute Gasteiger partial charge is 0.372 e. The minimum atomic E-state index is -0.0294. The van der Waals surface area contributed by atoms with Gasteiger partial charge in [0.05, 0.1) is 5.69 Å². The van der Waals surface area contributed by atoms with E-state index in [1.807, 2.05) is 53.3 Å². The average Bonchev–Trinajstić information content (AvgIpc) is 3.27. The second-order valence-electron chi connectivity index (χ2n) is 6.75. The highest BCUT2D eigenvalue weighted by Crippen LogP contribution is 2.15. The third-order valence-corrected chi connectivity index (χ3v) is 4.77. The molecule has 5 nitrogen and oxygen atoms in total. The second kappa shape index (κ2) is 9.74. The Morgan fingerprint density at radius 1 is 1.07 bits per heavy atom. The van der Waals surface area contributed by atoms with Gasteiger partial charge in [0, 0.05) is 43.3 Å². The van der Waals surface area contributed by atoms with Crippen molar-refractivity contribution in [3.63, 3.8) is 0 Å². The molecule has 28 heavy (non-hydrogen) atoms. The van der Waals surface area contributed by atoms with Crippen molar-refractivity contribution < 1.29 is 4.79 Å². The monoisotopic (exact) mass is 376 g/mol. The first-order chi connectivity index (χ1) is 13.7. The van der Waals surface area contributed by atoms with Crippen molar-refractivity contribution in [2.24, 2.45) is 0 Å². The van der Waals surface area contributed by atoms with Gasteiger partial charge in [0.15, 0.2) is 0 Å². The number of amides is 1. The Morgan fingerprint density at radius 3 is 2.43 bits per heavy atom. The number of anilines is 1. The van der Waals surface area contributed by atoms with Gasteiger partial charge in [-0.25, -0.2) is 4.68 Å². The van der Waals surface area contributed by atoms with E-state index in [0.717, 1.165) is 37.3 Å². The standard InChI is InChI=1S/C23H28N4O/c1-3-17-26(4-2)21-12-8-20(9-13-21)23(28)24-16-14-19-6-10-22(11-7-19)27-18-5-15-25-27/h5-13,15,18H,3-4,14,16-17H2,1-2H3,(H,24,28). The van der Waals surface area contributed by atoms with Gasteiger partial charge in [-0.15, -0.1) is 0 Å². The Hall–Kier alpha value is -3.08. The zero-order valence-corrected chi connectivity index (χ0v) is 16.6. The predicted molar refractivity (Wildman–Crippen MR) is 114 cm³/mol. The highest BCUT2D eigenvalue weighted by molar-refractivity contribution is 5.94. The van der Waals surface area contributed by atoms with Crippen LogP contribution in [0.25, 0.3) is 5.69 Å². The molecule has 3 aromatic rings. The molecule has 0 spiro atoms. The minimum Gasteiger partial charge on any atom is -0.372 e. The molecule has 0 aliphatic heterocycles. The van der Waals surface area contributed by atoms with Gasteiger partial charge < -0.3 is 10.2 Å². The lowest BCUT2D eigenvalue weighted by molar-refractivity contribution is 0.0954. The van der Waals surface area contributed by atoms with Crippen molar-refractivity contribution in [2.45, 2.75) is 26.7 Å². The molecule has 0 bridgehead atoms. The van der Waals surface area contributed by atoms with Crippen LogP contribution in [0.1, 0.15) is 36.2 Å². The van der Waals surface area contributed by atoms with E-state index >= 15 is 0 Å². The van der Waals surface area contributed by atoms with Crippen LogP contribution < -0.4 is 10.2 Å². The van der Waals surface area contributed by atoms with E-state index in [1.165, 1.54) is 5.56 Å². The normalized spacial score (nSPS) is 10.6. The molecular formula is C23H28N4O. The van der Waals surface area contributed by atoms with Crippen LogP contribution >= 0.6 is 0 Å². The lowest BCUT2D eigenvalue weighted by atomic mass is 10.1. The van der Waals surface area contributed by atoms with E-state index < -0.39 is 0 Å². The van der Waals surface area contributed by atoms with E-state index in [1.54, 1.807) is 6.20 Å². The number of rotatable bonds is 9. The molecule has 0 aliphatic rings. The Morgan fingerprint density at radius 2 is 1.82 bits per heavy atom. The van der Waals surface area contributed by atoms with Crippen molar-refractivity contribution >= 4 is 11.6 Å². The fourth-order valence-corrected chi connectivity index (χ4v) is 3.22. The summed E-state index contributed by atoms with van der Waals surface area (Å²) in [5.74, 6) is -0.0294. The lowest BCUT2D eigenvalue weighted by Gasteiger charge is -2.22. The van der Waals surface area contributed by atoms with Gasteiger partial charge >= 0.3 is 0 Å². The smallest absolute Gasteiger partial charge is 0.251 e. The van der Waals surface area contributed by atoms with Gasteiger partial charge in [-0.05, 0) is 67.8 Å². The van der Waals surface area contributed by atoms with E-state index in [0.29, 0.717) is 12.1 Å². The van der Waals surface area contributed by atoms with Crippen LogP contribution in [-0.2, 0) is 6.42 Å². The van der Waals surface area contributed by atoms with E-state index in [4.69, 9.17) is 0 Å². The van der Waals surface area contributed by atoms with Gasteiger partial charge in [-0.2, -0.15) is 5.10 Å². The number of nitrogens with one attached hydrogen (secondary N) is 1. The summed E-state index contributed by atoms with van der Waals surface area (Å²) in [7, 11) is 0. The molecule has 3 rings (SSSR count). The highest BCUT2D eigenvalue weighted by atomic mass is 16.1. The molecule has 0 saturated carbocycles. The summed E-state index contributed by atoms with van der Waals surface area (Å²) >= 11 is 0. The molecule has 1 heterocycles. The Bertz CT molecular complexity index is 855. The van der Waals surface area contributed by atoms with Crippen molar-refractivity contribution in [2.75, 3.05) is 24.5 Å². The maximum absolute atomic E-state index is 12.4. The summed E-state index contributed by atoms with van der Waals surface area (Å²) in [5, 5.41) is 7.23. The number of hydrogen-bond acceptors (Lipinski definition) is 3. The zero-order valence-electron chi connectivity index (χ0n) is 16.6. The number of hydrogen-bond donors (Lipinski definition) is 1. The molecule has 5 heteroatoms. The van der Waals surface area contributed by atoms with Crippen LogP contribution in [0.5, 0.6) is 0 Å². The molecule has 1 amide bonds. The molecule has 0 saturated heterocycles. The van der Waals surface area contributed by atoms with Gasteiger partial charge in [-0.3, -0.25) is 4.79 Å². The number of aromatic nitrogens is 2. The van der Waals surface area contributed by atoms with Gasteiger partial charge in [0.1, 0.15) is 0 Å². The van der Waals surface area contributed by atoms with Gasteiger partial charge in [0.25, 0.3) is 5.91 Å². The first-order valence-corrected chi connectivity index (χ1v) is 9.93. The molecule has 146 valence electrons. The van der Waals surface area contributed by atoms with Crippen molar-refractivity contribution in [1.29, 1.82) is 0 Å². The Kier molecular flexibility index (Phi) is 6.84. The van der Waals surface area contributed by atoms with Crippen LogP contribution in [0.2, 0.25) is 0 Å². The van der Waals surface area contributed by atoms with Crippen molar-refractivity contribution in [1.82, 2.24) is 15.1 Å². The highest BCUT2D eigenvalue weighted by Gasteiger charge is 2.07. The SMILES string of the molecule is CCCN(CC)c1ccc(C(=O)NCCc2ccc(-n3cccn3)cc2)cc1. The van der Waals surface area contributed by atoms with E-state index in [9.17, 15) is 4.79 Å². The molecule has 1 aromatic heterocycles. The summed E-state index contributed by atoms with van der Waals surface area (Å²) in [6.45, 7) is 6.94. The fourth-order valence-electron chi connectivity index (χ4n) is 3.22. The van der Waals surface area contributed by atoms with Crippen LogP contribution in [0.4, 0.5) is 5.69 Å². The lowest BCUT2D eigenvalue weighted by Crippen LogP contribution is -2.26. The summed E-state index contributed by atoms with van der Waals surface area (Å²) in [5.41, 5.74) is 4.08. The zero-order chi connectivity index (χ0) is 19.8.